The summed E-state index contributed by atoms with van der Waals surface area (Å²) in [6.45, 7) is 1.86. The van der Waals surface area contributed by atoms with Gasteiger partial charge < -0.3 is 0 Å². The highest BCUT2D eigenvalue weighted by atomic mass is 32.2. The van der Waals surface area contributed by atoms with Crippen molar-refractivity contribution in [3.63, 3.8) is 0 Å². The maximum Gasteiger partial charge on any atom is 0.261 e. The summed E-state index contributed by atoms with van der Waals surface area (Å²) in [6, 6.07) is 9.26. The molecule has 0 bridgehead atoms. The highest BCUT2D eigenvalue weighted by Crippen LogP contribution is 2.25. The molecule has 0 fully saturated rings. The van der Waals surface area contributed by atoms with Gasteiger partial charge in [-0.15, -0.1) is 0 Å². The molecular formula is C14H12FN3O2S. The number of hydrogen-bond donors (Lipinski definition) is 2. The second kappa shape index (κ2) is 4.85. The molecule has 0 spiro atoms. The number of halogens is 1. The summed E-state index contributed by atoms with van der Waals surface area (Å²) in [5.41, 5.74) is 1.34. The number of aryl methyl sites for hydroxylation is 1. The Labute approximate surface area is 120 Å². The first-order valence-electron chi connectivity index (χ1n) is 6.18. The van der Waals surface area contributed by atoms with Gasteiger partial charge in [0.1, 0.15) is 0 Å². The average molecular weight is 305 g/mol. The SMILES string of the molecule is Cc1ccc(S(=O)(=O)Nc2ccc3[nH]ncc3c2F)cc1. The van der Waals surface area contributed by atoms with Gasteiger partial charge in [-0.3, -0.25) is 9.82 Å². The standard InChI is InChI=1S/C14H12FN3O2S/c1-9-2-4-10(5-3-9)21(19,20)18-13-7-6-12-11(14(13)15)8-16-17-12/h2-8,18H,1H3,(H,16,17). The fourth-order valence-electron chi connectivity index (χ4n) is 1.98. The number of anilines is 1. The van der Waals surface area contributed by atoms with Crippen LogP contribution in [0.2, 0.25) is 0 Å². The van der Waals surface area contributed by atoms with E-state index in [1.807, 2.05) is 6.92 Å². The fourth-order valence-corrected chi connectivity index (χ4v) is 3.04. The van der Waals surface area contributed by atoms with Crippen LogP contribution in [0.15, 0.2) is 47.5 Å². The summed E-state index contributed by atoms with van der Waals surface area (Å²) in [7, 11) is -3.82. The number of hydrogen-bond acceptors (Lipinski definition) is 3. The minimum atomic E-state index is -3.82. The topological polar surface area (TPSA) is 74.8 Å². The lowest BCUT2D eigenvalue weighted by Gasteiger charge is -2.09. The average Bonchev–Trinajstić information content (AvgIpc) is 2.91. The Bertz CT molecular complexity index is 902. The Morgan fingerprint density at radius 1 is 1.14 bits per heavy atom. The van der Waals surface area contributed by atoms with Crippen LogP contribution in [0.1, 0.15) is 5.56 Å². The molecule has 2 aromatic carbocycles. The van der Waals surface area contributed by atoms with Gasteiger partial charge in [0.25, 0.3) is 10.0 Å². The van der Waals surface area contributed by atoms with Crippen LogP contribution < -0.4 is 4.72 Å². The number of nitrogens with zero attached hydrogens (tertiary/aromatic N) is 1. The molecule has 0 saturated heterocycles. The lowest BCUT2D eigenvalue weighted by atomic mass is 10.2. The van der Waals surface area contributed by atoms with Crippen molar-refractivity contribution >= 4 is 26.6 Å². The van der Waals surface area contributed by atoms with Crippen molar-refractivity contribution in [3.05, 3.63) is 54.0 Å². The first kappa shape index (κ1) is 13.6. The van der Waals surface area contributed by atoms with Crippen molar-refractivity contribution < 1.29 is 12.8 Å². The molecule has 2 N–H and O–H groups in total. The molecule has 7 heteroatoms. The third-order valence-electron chi connectivity index (χ3n) is 3.13. The predicted molar refractivity (Wildman–Crippen MR) is 78.0 cm³/mol. The number of sulfonamides is 1. The van der Waals surface area contributed by atoms with Crippen LogP contribution in [-0.4, -0.2) is 18.6 Å². The fraction of sp³-hybridized carbons (Fsp3) is 0.0714. The van der Waals surface area contributed by atoms with E-state index in [0.717, 1.165) is 5.56 Å². The summed E-state index contributed by atoms with van der Waals surface area (Å²) >= 11 is 0. The maximum atomic E-state index is 14.2. The van der Waals surface area contributed by atoms with Gasteiger partial charge in [0.05, 0.1) is 27.7 Å². The Hall–Kier alpha value is -2.41. The highest BCUT2D eigenvalue weighted by molar-refractivity contribution is 7.92. The molecule has 3 rings (SSSR count). The van der Waals surface area contributed by atoms with Gasteiger partial charge in [0.2, 0.25) is 0 Å². The maximum absolute atomic E-state index is 14.2. The zero-order chi connectivity index (χ0) is 15.0. The molecule has 0 amide bonds. The largest absolute Gasteiger partial charge is 0.278 e. The molecule has 5 nitrogen and oxygen atoms in total. The third-order valence-corrected chi connectivity index (χ3v) is 4.52. The van der Waals surface area contributed by atoms with E-state index in [2.05, 4.69) is 14.9 Å². The summed E-state index contributed by atoms with van der Waals surface area (Å²) in [4.78, 5) is 0.0831. The number of H-pyrrole nitrogens is 1. The number of aromatic amines is 1. The number of aromatic nitrogens is 2. The monoisotopic (exact) mass is 305 g/mol. The molecule has 1 heterocycles. The Morgan fingerprint density at radius 3 is 2.57 bits per heavy atom. The second-order valence-corrected chi connectivity index (χ2v) is 6.36. The van der Waals surface area contributed by atoms with Crippen molar-refractivity contribution in [2.45, 2.75) is 11.8 Å². The van der Waals surface area contributed by atoms with E-state index in [-0.39, 0.29) is 16.0 Å². The lowest BCUT2D eigenvalue weighted by Crippen LogP contribution is -2.14. The molecule has 0 saturated carbocycles. The second-order valence-electron chi connectivity index (χ2n) is 4.68. The van der Waals surface area contributed by atoms with Gasteiger partial charge in [-0.1, -0.05) is 17.7 Å². The molecule has 1 aromatic heterocycles. The van der Waals surface area contributed by atoms with E-state index in [1.54, 1.807) is 18.2 Å². The van der Waals surface area contributed by atoms with Crippen LogP contribution in [0.25, 0.3) is 10.9 Å². The molecule has 0 atom stereocenters. The van der Waals surface area contributed by atoms with Crippen LogP contribution in [0.5, 0.6) is 0 Å². The van der Waals surface area contributed by atoms with E-state index in [9.17, 15) is 12.8 Å². The molecule has 3 aromatic rings. The minimum Gasteiger partial charge on any atom is -0.278 e. The normalized spacial score (nSPS) is 11.7. The highest BCUT2D eigenvalue weighted by Gasteiger charge is 2.17. The smallest absolute Gasteiger partial charge is 0.261 e. The van der Waals surface area contributed by atoms with Crippen LogP contribution in [0.3, 0.4) is 0 Å². The van der Waals surface area contributed by atoms with Gasteiger partial charge >= 0.3 is 0 Å². The summed E-state index contributed by atoms with van der Waals surface area (Å²) in [6.07, 6.45) is 1.31. The lowest BCUT2D eigenvalue weighted by molar-refractivity contribution is 0.599. The van der Waals surface area contributed by atoms with E-state index < -0.39 is 15.8 Å². The Morgan fingerprint density at radius 2 is 1.86 bits per heavy atom. The van der Waals surface area contributed by atoms with Crippen LogP contribution in [0, 0.1) is 12.7 Å². The van der Waals surface area contributed by atoms with Crippen molar-refractivity contribution in [3.8, 4) is 0 Å². The van der Waals surface area contributed by atoms with Crippen LogP contribution >= 0.6 is 0 Å². The number of fused-ring (bicyclic) bond motifs is 1. The summed E-state index contributed by atoms with van der Waals surface area (Å²) in [5.74, 6) is -0.656. The van der Waals surface area contributed by atoms with Crippen molar-refractivity contribution in [2.75, 3.05) is 4.72 Å². The first-order valence-corrected chi connectivity index (χ1v) is 7.67. The van der Waals surface area contributed by atoms with Gasteiger partial charge in [0.15, 0.2) is 5.82 Å². The molecule has 0 unspecified atom stereocenters. The minimum absolute atomic E-state index is 0.0831. The van der Waals surface area contributed by atoms with Crippen molar-refractivity contribution in [1.82, 2.24) is 10.2 Å². The van der Waals surface area contributed by atoms with Gasteiger partial charge in [-0.05, 0) is 31.2 Å². The predicted octanol–water partition coefficient (Wildman–Crippen LogP) is 2.81. The number of rotatable bonds is 3. The molecular weight excluding hydrogens is 293 g/mol. The van der Waals surface area contributed by atoms with E-state index in [1.165, 1.54) is 24.4 Å². The van der Waals surface area contributed by atoms with Gasteiger partial charge in [-0.2, -0.15) is 5.10 Å². The molecule has 0 aliphatic heterocycles. The van der Waals surface area contributed by atoms with E-state index >= 15 is 0 Å². The Balaban J connectivity index is 2.00. The van der Waals surface area contributed by atoms with Crippen LogP contribution in [-0.2, 0) is 10.0 Å². The zero-order valence-corrected chi connectivity index (χ0v) is 11.9. The van der Waals surface area contributed by atoms with Gasteiger partial charge in [-0.25, -0.2) is 12.8 Å². The quantitative estimate of drug-likeness (QED) is 0.781. The van der Waals surface area contributed by atoms with Crippen molar-refractivity contribution in [1.29, 1.82) is 0 Å². The molecule has 0 aliphatic rings. The molecule has 0 radical (unpaired) electrons. The van der Waals surface area contributed by atoms with Crippen LogP contribution in [0.4, 0.5) is 10.1 Å². The number of nitrogens with one attached hydrogen (secondary N) is 2. The third kappa shape index (κ3) is 2.47. The summed E-state index contributed by atoms with van der Waals surface area (Å²) < 4.78 is 41.0. The molecule has 108 valence electrons. The van der Waals surface area contributed by atoms with Crippen molar-refractivity contribution in [2.24, 2.45) is 0 Å². The number of benzene rings is 2. The van der Waals surface area contributed by atoms with Gasteiger partial charge in [0, 0.05) is 0 Å². The zero-order valence-electron chi connectivity index (χ0n) is 11.1. The first-order chi connectivity index (χ1) is 9.97. The van der Waals surface area contributed by atoms with E-state index in [0.29, 0.717) is 5.52 Å². The molecule has 0 aliphatic carbocycles. The Kier molecular flexibility index (Phi) is 3.13. The van der Waals surface area contributed by atoms with E-state index in [4.69, 9.17) is 0 Å². The summed E-state index contributed by atoms with van der Waals surface area (Å²) in [5, 5.41) is 6.58. The molecule has 21 heavy (non-hydrogen) atoms.